The molecule has 0 bridgehead atoms. The van der Waals surface area contributed by atoms with Crippen LogP contribution in [0.2, 0.25) is 0 Å². The molecule has 0 saturated carbocycles. The van der Waals surface area contributed by atoms with Crippen molar-refractivity contribution >= 4 is 39.0 Å². The van der Waals surface area contributed by atoms with E-state index in [1.807, 2.05) is 35.2 Å². The normalized spacial score (nSPS) is 18.2. The third-order valence-electron chi connectivity index (χ3n) is 3.50. The molecule has 1 aliphatic rings. The standard InChI is InChI=1S/C15H15BrN2OS/c16-11-5-1-2-6-12(11)17-15(19)18-9-3-7-13(18)14-8-4-10-20-14/h1-2,4-6,8,10,13H,3,7,9H2,(H,17,19)/t13-/m1/s1. The number of para-hydroxylation sites is 1. The second-order valence-corrected chi connectivity index (χ2v) is 6.61. The monoisotopic (exact) mass is 350 g/mol. The van der Waals surface area contributed by atoms with Gasteiger partial charge in [0.1, 0.15) is 0 Å². The number of anilines is 1. The summed E-state index contributed by atoms with van der Waals surface area (Å²) in [5, 5.41) is 5.06. The lowest BCUT2D eigenvalue weighted by atomic mass is 10.2. The van der Waals surface area contributed by atoms with Crippen LogP contribution in [0.5, 0.6) is 0 Å². The van der Waals surface area contributed by atoms with E-state index in [1.165, 1.54) is 4.88 Å². The maximum absolute atomic E-state index is 12.5. The fourth-order valence-electron chi connectivity index (χ4n) is 2.54. The lowest BCUT2D eigenvalue weighted by molar-refractivity contribution is 0.208. The number of likely N-dealkylation sites (tertiary alicyclic amines) is 1. The van der Waals surface area contributed by atoms with Gasteiger partial charge in [0.2, 0.25) is 0 Å². The Hall–Kier alpha value is -1.33. The first kappa shape index (κ1) is 13.6. The third kappa shape index (κ3) is 2.74. The van der Waals surface area contributed by atoms with Crippen LogP contribution < -0.4 is 5.32 Å². The number of benzene rings is 1. The maximum Gasteiger partial charge on any atom is 0.322 e. The first-order chi connectivity index (χ1) is 9.75. The number of hydrogen-bond acceptors (Lipinski definition) is 2. The molecular weight excluding hydrogens is 336 g/mol. The van der Waals surface area contributed by atoms with Gasteiger partial charge in [-0.2, -0.15) is 0 Å². The Morgan fingerprint density at radius 3 is 2.90 bits per heavy atom. The van der Waals surface area contributed by atoms with Gasteiger partial charge in [0.25, 0.3) is 0 Å². The number of amides is 2. The highest BCUT2D eigenvalue weighted by molar-refractivity contribution is 9.10. The van der Waals surface area contributed by atoms with Gasteiger partial charge < -0.3 is 10.2 Å². The number of thiophene rings is 1. The predicted octanol–water partition coefficient (Wildman–Crippen LogP) is 4.88. The zero-order chi connectivity index (χ0) is 13.9. The number of carbonyl (C=O) groups is 1. The van der Waals surface area contributed by atoms with Crippen LogP contribution in [0.3, 0.4) is 0 Å². The van der Waals surface area contributed by atoms with Crippen molar-refractivity contribution in [2.45, 2.75) is 18.9 Å². The van der Waals surface area contributed by atoms with Crippen molar-refractivity contribution in [2.75, 3.05) is 11.9 Å². The molecule has 1 fully saturated rings. The van der Waals surface area contributed by atoms with Crippen LogP contribution in [-0.4, -0.2) is 17.5 Å². The van der Waals surface area contributed by atoms with Gasteiger partial charge >= 0.3 is 6.03 Å². The highest BCUT2D eigenvalue weighted by Gasteiger charge is 2.30. The summed E-state index contributed by atoms with van der Waals surface area (Å²) < 4.78 is 0.903. The Kier molecular flexibility index (Phi) is 4.08. The molecule has 0 aliphatic carbocycles. The van der Waals surface area contributed by atoms with Crippen molar-refractivity contribution in [3.05, 3.63) is 51.1 Å². The quantitative estimate of drug-likeness (QED) is 0.822. The van der Waals surface area contributed by atoms with Gasteiger partial charge in [-0.3, -0.25) is 0 Å². The Morgan fingerprint density at radius 1 is 1.30 bits per heavy atom. The number of nitrogens with zero attached hydrogens (tertiary/aromatic N) is 1. The van der Waals surface area contributed by atoms with Crippen LogP contribution in [-0.2, 0) is 0 Å². The molecular formula is C15H15BrN2OS. The molecule has 2 aromatic rings. The van der Waals surface area contributed by atoms with Crippen molar-refractivity contribution in [2.24, 2.45) is 0 Å². The summed E-state index contributed by atoms with van der Waals surface area (Å²) in [4.78, 5) is 15.7. The fourth-order valence-corrected chi connectivity index (χ4v) is 3.79. The molecule has 1 aliphatic heterocycles. The number of hydrogen-bond donors (Lipinski definition) is 1. The Morgan fingerprint density at radius 2 is 2.15 bits per heavy atom. The molecule has 3 rings (SSSR count). The largest absolute Gasteiger partial charge is 0.322 e. The highest BCUT2D eigenvalue weighted by atomic mass is 79.9. The summed E-state index contributed by atoms with van der Waals surface area (Å²) >= 11 is 5.18. The van der Waals surface area contributed by atoms with Gasteiger partial charge in [0.15, 0.2) is 0 Å². The van der Waals surface area contributed by atoms with Gasteiger partial charge in [0.05, 0.1) is 11.7 Å². The zero-order valence-corrected chi connectivity index (χ0v) is 13.3. The van der Waals surface area contributed by atoms with Crippen LogP contribution in [0.4, 0.5) is 10.5 Å². The average Bonchev–Trinajstić information content (AvgIpc) is 3.11. The van der Waals surface area contributed by atoms with E-state index in [0.717, 1.165) is 29.5 Å². The van der Waals surface area contributed by atoms with E-state index in [1.54, 1.807) is 11.3 Å². The van der Waals surface area contributed by atoms with Gasteiger partial charge in [-0.15, -0.1) is 11.3 Å². The van der Waals surface area contributed by atoms with E-state index in [-0.39, 0.29) is 12.1 Å². The predicted molar refractivity (Wildman–Crippen MR) is 86.2 cm³/mol. The van der Waals surface area contributed by atoms with Crippen LogP contribution in [0.15, 0.2) is 46.3 Å². The molecule has 1 aromatic carbocycles. The van der Waals surface area contributed by atoms with Gasteiger partial charge in [0, 0.05) is 15.9 Å². The van der Waals surface area contributed by atoms with E-state index in [9.17, 15) is 4.79 Å². The Balaban J connectivity index is 1.75. The molecule has 1 aromatic heterocycles. The highest BCUT2D eigenvalue weighted by Crippen LogP contribution is 2.35. The Bertz CT molecular complexity index is 600. The molecule has 1 saturated heterocycles. The number of halogens is 1. The van der Waals surface area contributed by atoms with Crippen LogP contribution in [0.1, 0.15) is 23.8 Å². The lowest BCUT2D eigenvalue weighted by Crippen LogP contribution is -2.34. The van der Waals surface area contributed by atoms with Crippen molar-refractivity contribution in [3.63, 3.8) is 0 Å². The van der Waals surface area contributed by atoms with Crippen molar-refractivity contribution in [3.8, 4) is 0 Å². The summed E-state index contributed by atoms with van der Waals surface area (Å²) in [7, 11) is 0. The molecule has 20 heavy (non-hydrogen) atoms. The van der Waals surface area contributed by atoms with E-state index in [0.29, 0.717) is 0 Å². The minimum Gasteiger partial charge on any atom is -0.317 e. The van der Waals surface area contributed by atoms with Crippen molar-refractivity contribution in [1.82, 2.24) is 4.90 Å². The van der Waals surface area contributed by atoms with E-state index >= 15 is 0 Å². The van der Waals surface area contributed by atoms with Gasteiger partial charge in [-0.05, 0) is 52.4 Å². The molecule has 3 nitrogen and oxygen atoms in total. The zero-order valence-electron chi connectivity index (χ0n) is 10.9. The smallest absolute Gasteiger partial charge is 0.317 e. The maximum atomic E-state index is 12.5. The molecule has 104 valence electrons. The summed E-state index contributed by atoms with van der Waals surface area (Å²) in [6.45, 7) is 0.818. The second kappa shape index (κ2) is 5.97. The second-order valence-electron chi connectivity index (χ2n) is 4.78. The molecule has 2 heterocycles. The van der Waals surface area contributed by atoms with E-state index in [2.05, 4.69) is 32.7 Å². The number of rotatable bonds is 2. The molecule has 1 atom stereocenters. The van der Waals surface area contributed by atoms with E-state index < -0.39 is 0 Å². The molecule has 0 radical (unpaired) electrons. The van der Waals surface area contributed by atoms with Gasteiger partial charge in [-0.1, -0.05) is 18.2 Å². The van der Waals surface area contributed by atoms with Crippen LogP contribution >= 0.6 is 27.3 Å². The fraction of sp³-hybridized carbons (Fsp3) is 0.267. The first-order valence-corrected chi connectivity index (χ1v) is 8.28. The molecule has 0 unspecified atom stereocenters. The van der Waals surface area contributed by atoms with Crippen LogP contribution in [0.25, 0.3) is 0 Å². The molecule has 1 N–H and O–H groups in total. The number of carbonyl (C=O) groups excluding carboxylic acids is 1. The summed E-state index contributed by atoms with van der Waals surface area (Å²) in [6.07, 6.45) is 2.11. The Labute approximate surface area is 130 Å². The molecule has 5 heteroatoms. The minimum atomic E-state index is -0.0206. The van der Waals surface area contributed by atoms with E-state index in [4.69, 9.17) is 0 Å². The molecule has 0 spiro atoms. The van der Waals surface area contributed by atoms with Crippen molar-refractivity contribution in [1.29, 1.82) is 0 Å². The van der Waals surface area contributed by atoms with Crippen LogP contribution in [0, 0.1) is 0 Å². The molecule has 2 amide bonds. The topological polar surface area (TPSA) is 32.3 Å². The first-order valence-electron chi connectivity index (χ1n) is 6.61. The summed E-state index contributed by atoms with van der Waals surface area (Å²) in [5.41, 5.74) is 0.814. The average molecular weight is 351 g/mol. The number of nitrogens with one attached hydrogen (secondary N) is 1. The van der Waals surface area contributed by atoms with Crippen molar-refractivity contribution < 1.29 is 4.79 Å². The lowest BCUT2D eigenvalue weighted by Gasteiger charge is -2.24. The number of urea groups is 1. The summed E-state index contributed by atoms with van der Waals surface area (Å²) in [6, 6.07) is 12.0. The third-order valence-corrected chi connectivity index (χ3v) is 5.17. The minimum absolute atomic E-state index is 0.0206. The SMILES string of the molecule is O=C(Nc1ccccc1Br)N1CCC[C@@H]1c1cccs1. The van der Waals surface area contributed by atoms with Gasteiger partial charge in [-0.25, -0.2) is 4.79 Å². The summed E-state index contributed by atoms with van der Waals surface area (Å²) in [5.74, 6) is 0.